The molecule has 1 rings (SSSR count). The molecule has 108 valence electrons. The van der Waals surface area contributed by atoms with E-state index in [4.69, 9.17) is 25.8 Å². The lowest BCUT2D eigenvalue weighted by molar-refractivity contribution is 0.0642. The van der Waals surface area contributed by atoms with Crippen molar-refractivity contribution in [2.24, 2.45) is 0 Å². The number of aromatic nitrogens is 1. The van der Waals surface area contributed by atoms with Gasteiger partial charge < -0.3 is 14.2 Å². The Balaban J connectivity index is 2.28. The molecule has 5 heteroatoms. The molecule has 0 aliphatic carbocycles. The predicted octanol–water partition coefficient (Wildman–Crippen LogP) is 2.81. The van der Waals surface area contributed by atoms with Crippen LogP contribution in [-0.4, -0.2) is 38.5 Å². The molecule has 4 nitrogen and oxygen atoms in total. The number of halogens is 1. The van der Waals surface area contributed by atoms with E-state index in [1.165, 1.54) is 0 Å². The lowest BCUT2D eigenvalue weighted by Gasteiger charge is -2.08. The lowest BCUT2D eigenvalue weighted by Crippen LogP contribution is -2.07. The number of nitrogens with zero attached hydrogens (tertiary/aromatic N) is 1. The standard InChI is InChI=1S/C14H22ClNO3/c1-3-13-9-12(11-15)10-14(16-13)19-6-4-5-18-8-7-17-2/h9-10H,3-8,11H2,1-2H3. The Morgan fingerprint density at radius 1 is 1.16 bits per heavy atom. The number of aryl methyl sites for hydroxylation is 1. The summed E-state index contributed by atoms with van der Waals surface area (Å²) in [7, 11) is 1.66. The number of ether oxygens (including phenoxy) is 3. The van der Waals surface area contributed by atoms with E-state index in [1.807, 2.05) is 12.1 Å². The first kappa shape index (κ1) is 16.2. The van der Waals surface area contributed by atoms with Crippen molar-refractivity contribution in [1.29, 1.82) is 0 Å². The molecule has 0 saturated heterocycles. The average Bonchev–Trinajstić information content (AvgIpc) is 2.45. The first-order valence-electron chi connectivity index (χ1n) is 6.55. The maximum absolute atomic E-state index is 5.84. The van der Waals surface area contributed by atoms with Gasteiger partial charge in [0.15, 0.2) is 0 Å². The molecule has 0 saturated carbocycles. The van der Waals surface area contributed by atoms with Crippen molar-refractivity contribution in [1.82, 2.24) is 4.98 Å². The Bertz CT molecular complexity index is 338. The molecule has 0 aromatic carbocycles. The molecule has 0 radical (unpaired) electrons. The summed E-state index contributed by atoms with van der Waals surface area (Å²) in [6.07, 6.45) is 1.71. The molecule has 0 amide bonds. The van der Waals surface area contributed by atoms with Gasteiger partial charge in [-0.15, -0.1) is 11.6 Å². The molecule has 0 atom stereocenters. The summed E-state index contributed by atoms with van der Waals surface area (Å²) in [4.78, 5) is 4.41. The van der Waals surface area contributed by atoms with Crippen LogP contribution >= 0.6 is 11.6 Å². The van der Waals surface area contributed by atoms with Gasteiger partial charge in [0.25, 0.3) is 0 Å². The zero-order valence-corrected chi connectivity index (χ0v) is 12.4. The highest BCUT2D eigenvalue weighted by molar-refractivity contribution is 6.17. The molecule has 0 aliphatic heterocycles. The van der Waals surface area contributed by atoms with Crippen LogP contribution in [0.1, 0.15) is 24.6 Å². The third kappa shape index (κ3) is 6.76. The monoisotopic (exact) mass is 287 g/mol. The zero-order chi connectivity index (χ0) is 13.9. The minimum absolute atomic E-state index is 0.478. The molecular weight excluding hydrogens is 266 g/mol. The number of pyridine rings is 1. The molecule has 0 spiro atoms. The second-order valence-electron chi connectivity index (χ2n) is 4.10. The highest BCUT2D eigenvalue weighted by Crippen LogP contribution is 2.15. The van der Waals surface area contributed by atoms with Crippen molar-refractivity contribution >= 4 is 11.6 Å². The predicted molar refractivity (Wildman–Crippen MR) is 76.0 cm³/mol. The highest BCUT2D eigenvalue weighted by atomic mass is 35.5. The fraction of sp³-hybridized carbons (Fsp3) is 0.643. The Morgan fingerprint density at radius 2 is 2.00 bits per heavy atom. The summed E-state index contributed by atoms with van der Waals surface area (Å²) < 4.78 is 15.9. The molecule has 1 aromatic rings. The second-order valence-corrected chi connectivity index (χ2v) is 4.37. The van der Waals surface area contributed by atoms with Crippen molar-refractivity contribution in [3.05, 3.63) is 23.4 Å². The molecule has 0 N–H and O–H groups in total. The third-order valence-corrected chi connectivity index (χ3v) is 2.85. The van der Waals surface area contributed by atoms with Gasteiger partial charge in [-0.25, -0.2) is 4.98 Å². The van der Waals surface area contributed by atoms with E-state index in [2.05, 4.69) is 11.9 Å². The molecular formula is C14H22ClNO3. The van der Waals surface area contributed by atoms with E-state index in [0.29, 0.717) is 38.2 Å². The molecule has 0 aliphatic rings. The van der Waals surface area contributed by atoms with Crippen molar-refractivity contribution < 1.29 is 14.2 Å². The smallest absolute Gasteiger partial charge is 0.213 e. The Kier molecular flexibility index (Phi) is 8.54. The quantitative estimate of drug-likeness (QED) is 0.490. The molecule has 1 aromatic heterocycles. The van der Waals surface area contributed by atoms with E-state index in [-0.39, 0.29) is 0 Å². The number of hydrogen-bond donors (Lipinski definition) is 0. The zero-order valence-electron chi connectivity index (χ0n) is 11.7. The fourth-order valence-electron chi connectivity index (χ4n) is 1.53. The summed E-state index contributed by atoms with van der Waals surface area (Å²) >= 11 is 5.84. The van der Waals surface area contributed by atoms with Crippen LogP contribution in [0.25, 0.3) is 0 Å². The highest BCUT2D eigenvalue weighted by Gasteiger charge is 2.02. The summed E-state index contributed by atoms with van der Waals surface area (Å²) in [5.41, 5.74) is 2.05. The van der Waals surface area contributed by atoms with E-state index in [9.17, 15) is 0 Å². The first-order valence-corrected chi connectivity index (χ1v) is 7.08. The molecule has 1 heterocycles. The molecule has 0 unspecified atom stereocenters. The van der Waals surface area contributed by atoms with E-state index in [1.54, 1.807) is 7.11 Å². The van der Waals surface area contributed by atoms with Crippen LogP contribution in [-0.2, 0) is 21.8 Å². The van der Waals surface area contributed by atoms with Gasteiger partial charge in [0, 0.05) is 37.8 Å². The number of methoxy groups -OCH3 is 1. The van der Waals surface area contributed by atoms with Gasteiger partial charge in [-0.1, -0.05) is 6.92 Å². The lowest BCUT2D eigenvalue weighted by atomic mass is 10.2. The maximum atomic E-state index is 5.84. The SMILES string of the molecule is CCc1cc(CCl)cc(OCCCOCCOC)n1. The van der Waals surface area contributed by atoms with Gasteiger partial charge in [0.2, 0.25) is 5.88 Å². The second kappa shape index (κ2) is 10.0. The number of rotatable bonds is 10. The van der Waals surface area contributed by atoms with Gasteiger partial charge >= 0.3 is 0 Å². The fourth-order valence-corrected chi connectivity index (χ4v) is 1.69. The van der Waals surface area contributed by atoms with E-state index >= 15 is 0 Å². The van der Waals surface area contributed by atoms with Crippen LogP contribution in [0.5, 0.6) is 5.88 Å². The van der Waals surface area contributed by atoms with Crippen LogP contribution in [0.2, 0.25) is 0 Å². The van der Waals surface area contributed by atoms with Gasteiger partial charge in [0.05, 0.1) is 19.8 Å². The summed E-state index contributed by atoms with van der Waals surface area (Å²) in [6, 6.07) is 3.89. The van der Waals surface area contributed by atoms with Crippen LogP contribution < -0.4 is 4.74 Å². The first-order chi connectivity index (χ1) is 9.30. The summed E-state index contributed by atoms with van der Waals surface area (Å²) in [5.74, 6) is 1.12. The normalized spacial score (nSPS) is 10.7. The van der Waals surface area contributed by atoms with Gasteiger partial charge in [0.1, 0.15) is 0 Å². The molecule has 0 fully saturated rings. The van der Waals surface area contributed by atoms with Crippen molar-refractivity contribution in [3.8, 4) is 5.88 Å². The van der Waals surface area contributed by atoms with Crippen LogP contribution in [0.15, 0.2) is 12.1 Å². The Morgan fingerprint density at radius 3 is 2.68 bits per heavy atom. The van der Waals surface area contributed by atoms with Gasteiger partial charge in [-0.05, 0) is 18.1 Å². The van der Waals surface area contributed by atoms with Crippen LogP contribution in [0.3, 0.4) is 0 Å². The van der Waals surface area contributed by atoms with Crippen molar-refractivity contribution in [3.63, 3.8) is 0 Å². The van der Waals surface area contributed by atoms with Crippen LogP contribution in [0.4, 0.5) is 0 Å². The third-order valence-electron chi connectivity index (χ3n) is 2.55. The van der Waals surface area contributed by atoms with Crippen molar-refractivity contribution in [2.45, 2.75) is 25.6 Å². The molecule has 0 bridgehead atoms. The molecule has 19 heavy (non-hydrogen) atoms. The Labute approximate surface area is 120 Å². The summed E-state index contributed by atoms with van der Waals surface area (Å²) in [5, 5.41) is 0. The topological polar surface area (TPSA) is 40.6 Å². The van der Waals surface area contributed by atoms with Crippen molar-refractivity contribution in [2.75, 3.05) is 33.5 Å². The largest absolute Gasteiger partial charge is 0.478 e. The number of alkyl halides is 1. The average molecular weight is 288 g/mol. The maximum Gasteiger partial charge on any atom is 0.213 e. The minimum Gasteiger partial charge on any atom is -0.478 e. The minimum atomic E-state index is 0.478. The van der Waals surface area contributed by atoms with Gasteiger partial charge in [-0.3, -0.25) is 0 Å². The van der Waals surface area contributed by atoms with E-state index in [0.717, 1.165) is 24.1 Å². The van der Waals surface area contributed by atoms with Crippen LogP contribution in [0, 0.1) is 0 Å². The number of hydrogen-bond acceptors (Lipinski definition) is 4. The Hall–Kier alpha value is -0.840. The van der Waals surface area contributed by atoms with Gasteiger partial charge in [-0.2, -0.15) is 0 Å². The van der Waals surface area contributed by atoms with E-state index < -0.39 is 0 Å². The summed E-state index contributed by atoms with van der Waals surface area (Å²) in [6.45, 7) is 4.57.